The van der Waals surface area contributed by atoms with Gasteiger partial charge in [-0.15, -0.1) is 16.4 Å². The van der Waals surface area contributed by atoms with E-state index in [0.717, 1.165) is 45.6 Å². The first-order valence-electron chi connectivity index (χ1n) is 16.4. The number of hydrogen-bond donors (Lipinski definition) is 2. The Bertz CT molecular complexity index is 2070. The van der Waals surface area contributed by atoms with E-state index in [-0.39, 0.29) is 18.2 Å². The van der Waals surface area contributed by atoms with E-state index in [2.05, 4.69) is 28.9 Å². The number of amides is 1. The number of thiophene rings is 1. The Labute approximate surface area is 282 Å². The lowest BCUT2D eigenvalue weighted by Gasteiger charge is -2.37. The van der Waals surface area contributed by atoms with Crippen molar-refractivity contribution in [3.63, 3.8) is 0 Å². The number of nitrogens with one attached hydrogen (secondary N) is 1. The van der Waals surface area contributed by atoms with Crippen molar-refractivity contribution in [1.29, 1.82) is 0 Å². The fraction of sp³-hybridized carbons (Fsp3) is 0.429. The Hall–Kier alpha value is -4.62. The summed E-state index contributed by atoms with van der Waals surface area (Å²) in [5.74, 6) is 1.63. The number of hydrogen-bond acceptors (Lipinski definition) is 10. The van der Waals surface area contributed by atoms with Gasteiger partial charge in [-0.05, 0) is 92.4 Å². The molecule has 0 saturated carbocycles. The predicted octanol–water partition coefficient (Wildman–Crippen LogP) is 5.07. The zero-order valence-electron chi connectivity index (χ0n) is 27.9. The van der Waals surface area contributed by atoms with Crippen molar-refractivity contribution >= 4 is 44.7 Å². The zero-order chi connectivity index (χ0) is 33.7. The van der Waals surface area contributed by atoms with Crippen molar-refractivity contribution < 1.29 is 19.4 Å². The SMILES string of the molecule is CCc1c(N2CCN(C(=O)OC(C)(C)C)CC2)c(=O)n2nc(-c3ccc4c(c3)CCO4)nc2n1CC(O)Nc1cc2ccsc2cc1C. The van der Waals surface area contributed by atoms with Crippen LogP contribution in [0, 0.1) is 6.92 Å². The van der Waals surface area contributed by atoms with Crippen molar-refractivity contribution in [1.82, 2.24) is 24.1 Å². The minimum atomic E-state index is -0.995. The monoisotopic (exact) mass is 671 g/mol. The number of aliphatic hydroxyl groups is 1. The number of carbonyl (C=O) groups excluding carboxylic acids is 1. The standard InChI is InChI=1S/C35H41N7O5S/c1-6-26-30(39-11-13-40(14-12-39)34(45)47-35(3,4)5)32(44)42-33(37-31(38-42)24-7-8-27-22(18-24)9-15-46-27)41(26)20-29(43)36-25-19-23-10-16-48-28(23)17-21(25)2/h7-8,10,16-19,29,36,43H,6,9,11-15,20H2,1-5H3. The molecule has 0 aliphatic carbocycles. The average molecular weight is 672 g/mol. The average Bonchev–Trinajstić information content (AvgIpc) is 3.81. The molecule has 0 spiro atoms. The van der Waals surface area contributed by atoms with Crippen LogP contribution in [0.25, 0.3) is 27.3 Å². The van der Waals surface area contributed by atoms with E-state index in [4.69, 9.17) is 19.6 Å². The second-order valence-corrected chi connectivity index (χ2v) is 14.3. The fourth-order valence-corrected chi connectivity index (χ4v) is 7.38. The lowest BCUT2D eigenvalue weighted by Crippen LogP contribution is -2.51. The molecule has 7 rings (SSSR count). The van der Waals surface area contributed by atoms with Gasteiger partial charge in [0.15, 0.2) is 5.82 Å². The van der Waals surface area contributed by atoms with Crippen molar-refractivity contribution in [2.24, 2.45) is 0 Å². The molecule has 1 fully saturated rings. The van der Waals surface area contributed by atoms with E-state index in [9.17, 15) is 14.7 Å². The topological polar surface area (TPSA) is 126 Å². The first-order valence-corrected chi connectivity index (χ1v) is 17.3. The van der Waals surface area contributed by atoms with Crippen LogP contribution in [0.5, 0.6) is 5.75 Å². The quantitative estimate of drug-likeness (QED) is 0.228. The smallest absolute Gasteiger partial charge is 0.410 e. The summed E-state index contributed by atoms with van der Waals surface area (Å²) in [6.07, 6.45) is -0.0442. The highest BCUT2D eigenvalue weighted by atomic mass is 32.1. The lowest BCUT2D eigenvalue weighted by molar-refractivity contribution is 0.0240. The van der Waals surface area contributed by atoms with Crippen molar-refractivity contribution in [3.05, 3.63) is 69.0 Å². The normalized spacial score (nSPS) is 15.5. The summed E-state index contributed by atoms with van der Waals surface area (Å²) in [5.41, 5.74) is 4.09. The third-order valence-corrected chi connectivity index (χ3v) is 9.71. The maximum absolute atomic E-state index is 14.3. The molecule has 2 N–H and O–H groups in total. The van der Waals surface area contributed by atoms with Crippen LogP contribution in [0.2, 0.25) is 0 Å². The molecule has 5 heterocycles. The number of piperazine rings is 1. The van der Waals surface area contributed by atoms with E-state index < -0.39 is 11.8 Å². The zero-order valence-corrected chi connectivity index (χ0v) is 28.8. The minimum absolute atomic E-state index is 0.120. The summed E-state index contributed by atoms with van der Waals surface area (Å²) in [6, 6.07) is 12.1. The van der Waals surface area contributed by atoms with Crippen LogP contribution < -0.4 is 20.5 Å². The highest BCUT2D eigenvalue weighted by Crippen LogP contribution is 2.31. The number of nitrogens with zero attached hydrogens (tertiary/aromatic N) is 6. The Morgan fingerprint density at radius 2 is 1.94 bits per heavy atom. The molecule has 1 atom stereocenters. The van der Waals surface area contributed by atoms with Crippen LogP contribution in [0.15, 0.2) is 46.6 Å². The summed E-state index contributed by atoms with van der Waals surface area (Å²) in [5, 5.41) is 22.7. The Morgan fingerprint density at radius 3 is 2.69 bits per heavy atom. The van der Waals surface area contributed by atoms with Crippen LogP contribution in [-0.4, -0.2) is 79.9 Å². The number of aryl methyl sites for hydroxylation is 1. The van der Waals surface area contributed by atoms with Gasteiger partial charge in [-0.1, -0.05) is 6.92 Å². The first kappa shape index (κ1) is 32.0. The number of ether oxygens (including phenoxy) is 2. The second kappa shape index (κ2) is 12.4. The fourth-order valence-electron chi connectivity index (χ4n) is 6.51. The molecular formula is C35H41N7O5S. The van der Waals surface area contributed by atoms with E-state index in [0.29, 0.717) is 56.5 Å². The number of carbonyl (C=O) groups is 1. The molecule has 13 heteroatoms. The molecule has 2 aliphatic heterocycles. The molecule has 2 aromatic carbocycles. The number of benzene rings is 2. The van der Waals surface area contributed by atoms with Crippen LogP contribution in [-0.2, 0) is 24.1 Å². The van der Waals surface area contributed by atoms with Gasteiger partial charge < -0.3 is 34.3 Å². The van der Waals surface area contributed by atoms with Crippen LogP contribution >= 0.6 is 11.3 Å². The van der Waals surface area contributed by atoms with Gasteiger partial charge in [0.1, 0.15) is 23.3 Å². The summed E-state index contributed by atoms with van der Waals surface area (Å²) >= 11 is 1.68. The van der Waals surface area contributed by atoms with E-state index in [1.165, 1.54) is 9.22 Å². The number of aromatic nitrogens is 4. The largest absolute Gasteiger partial charge is 0.493 e. The Balaban J connectivity index is 1.27. The molecule has 2 aliphatic rings. The summed E-state index contributed by atoms with van der Waals surface area (Å²) < 4.78 is 15.7. The molecule has 3 aromatic heterocycles. The summed E-state index contributed by atoms with van der Waals surface area (Å²) in [7, 11) is 0. The highest BCUT2D eigenvalue weighted by molar-refractivity contribution is 7.17. The van der Waals surface area contributed by atoms with Crippen molar-refractivity contribution in [3.8, 4) is 17.1 Å². The molecule has 1 unspecified atom stereocenters. The van der Waals surface area contributed by atoms with Gasteiger partial charge in [0.05, 0.1) is 13.2 Å². The molecule has 5 aromatic rings. The van der Waals surface area contributed by atoms with Crippen molar-refractivity contribution in [2.45, 2.75) is 65.8 Å². The van der Waals surface area contributed by atoms with Crippen LogP contribution in [0.1, 0.15) is 44.5 Å². The molecule has 1 amide bonds. The van der Waals surface area contributed by atoms with E-state index >= 15 is 0 Å². The molecule has 12 nitrogen and oxygen atoms in total. The number of aliphatic hydroxyl groups excluding tert-OH is 1. The molecule has 252 valence electrons. The number of anilines is 2. The molecule has 1 saturated heterocycles. The maximum Gasteiger partial charge on any atom is 0.410 e. The van der Waals surface area contributed by atoms with Gasteiger partial charge in [-0.25, -0.2) is 4.79 Å². The highest BCUT2D eigenvalue weighted by Gasteiger charge is 2.30. The molecule has 0 bridgehead atoms. The van der Waals surface area contributed by atoms with Crippen molar-refractivity contribution in [2.75, 3.05) is 43.0 Å². The summed E-state index contributed by atoms with van der Waals surface area (Å²) in [4.78, 5) is 35.7. The Kier molecular flexibility index (Phi) is 8.28. The summed E-state index contributed by atoms with van der Waals surface area (Å²) in [6.45, 7) is 12.0. The maximum atomic E-state index is 14.3. The van der Waals surface area contributed by atoms with E-state index in [1.807, 2.05) is 62.3 Å². The van der Waals surface area contributed by atoms with Gasteiger partial charge in [-0.2, -0.15) is 9.50 Å². The molecular weight excluding hydrogens is 630 g/mol. The predicted molar refractivity (Wildman–Crippen MR) is 187 cm³/mol. The third-order valence-electron chi connectivity index (χ3n) is 8.83. The third kappa shape index (κ3) is 6.08. The Morgan fingerprint density at radius 1 is 1.15 bits per heavy atom. The lowest BCUT2D eigenvalue weighted by atomic mass is 10.1. The minimum Gasteiger partial charge on any atom is -0.493 e. The molecule has 48 heavy (non-hydrogen) atoms. The van der Waals surface area contributed by atoms with Gasteiger partial charge >= 0.3 is 6.09 Å². The number of fused-ring (bicyclic) bond motifs is 3. The van der Waals surface area contributed by atoms with Gasteiger partial charge in [0.2, 0.25) is 5.78 Å². The van der Waals surface area contributed by atoms with Gasteiger partial charge in [-0.3, -0.25) is 4.79 Å². The van der Waals surface area contributed by atoms with Gasteiger partial charge in [0.25, 0.3) is 5.56 Å². The van der Waals surface area contributed by atoms with Crippen LogP contribution in [0.4, 0.5) is 16.2 Å². The first-order chi connectivity index (χ1) is 23.0. The van der Waals surface area contributed by atoms with Crippen LogP contribution in [0.3, 0.4) is 0 Å². The molecule has 0 radical (unpaired) electrons. The van der Waals surface area contributed by atoms with Gasteiger partial charge in [0, 0.05) is 54.2 Å². The van der Waals surface area contributed by atoms with E-state index in [1.54, 1.807) is 16.2 Å². The number of rotatable bonds is 7. The second-order valence-electron chi connectivity index (χ2n) is 13.4.